The van der Waals surface area contributed by atoms with Gasteiger partial charge in [0.1, 0.15) is 6.04 Å². The highest BCUT2D eigenvalue weighted by Gasteiger charge is 2.38. The van der Waals surface area contributed by atoms with Crippen molar-refractivity contribution in [3.05, 3.63) is 48.8 Å². The number of benzene rings is 1. The minimum absolute atomic E-state index is 0.0556. The van der Waals surface area contributed by atoms with E-state index in [1.54, 1.807) is 11.1 Å². The number of hydrogen-bond donors (Lipinski definition) is 2. The Morgan fingerprint density at radius 2 is 2.08 bits per heavy atom. The Labute approximate surface area is 147 Å². The molecular weight excluding hydrogens is 318 g/mol. The maximum absolute atomic E-state index is 12.6. The first-order chi connectivity index (χ1) is 12.1. The number of nitrogens with one attached hydrogen (secondary N) is 2. The molecule has 0 spiro atoms. The number of aromatic nitrogens is 2. The van der Waals surface area contributed by atoms with Gasteiger partial charge in [-0.1, -0.05) is 18.2 Å². The van der Waals surface area contributed by atoms with Gasteiger partial charge < -0.3 is 15.5 Å². The van der Waals surface area contributed by atoms with Crippen molar-refractivity contribution in [1.29, 1.82) is 0 Å². The first-order valence-corrected chi connectivity index (χ1v) is 8.55. The minimum Gasteiger partial charge on any atom is -0.338 e. The molecule has 132 valence electrons. The van der Waals surface area contributed by atoms with Gasteiger partial charge in [0.05, 0.1) is 0 Å². The van der Waals surface area contributed by atoms with Gasteiger partial charge in [-0.3, -0.25) is 9.48 Å². The molecule has 2 atom stereocenters. The first kappa shape index (κ1) is 17.0. The summed E-state index contributed by atoms with van der Waals surface area (Å²) >= 11 is 0. The number of nitrogens with zero attached hydrogens (tertiary/aromatic N) is 3. The molecule has 0 unspecified atom stereocenters. The Morgan fingerprint density at radius 1 is 1.28 bits per heavy atom. The second-order valence-corrected chi connectivity index (χ2v) is 6.20. The summed E-state index contributed by atoms with van der Waals surface area (Å²) in [7, 11) is 0. The molecule has 1 aliphatic rings. The standard InChI is InChI=1S/C18H23N5O2/c1-14-13-16(17(24)23(14)15-7-3-2-4-8-15)21-18(25)19-9-5-11-22-12-6-10-20-22/h2-4,6-8,10,12,14,16H,5,9,11,13H2,1H3,(H2,19,21,25)/t14-,16+/m1/s1. The normalized spacial score (nSPS) is 19.9. The van der Waals surface area contributed by atoms with E-state index in [9.17, 15) is 9.59 Å². The largest absolute Gasteiger partial charge is 0.338 e. The number of hydrogen-bond acceptors (Lipinski definition) is 3. The highest BCUT2D eigenvalue weighted by atomic mass is 16.2. The highest BCUT2D eigenvalue weighted by Crippen LogP contribution is 2.26. The summed E-state index contributed by atoms with van der Waals surface area (Å²) in [6.45, 7) is 3.27. The van der Waals surface area contributed by atoms with Crippen LogP contribution in [0.25, 0.3) is 0 Å². The Bertz CT molecular complexity index is 702. The number of para-hydroxylation sites is 1. The molecule has 7 nitrogen and oxygen atoms in total. The van der Waals surface area contributed by atoms with Gasteiger partial charge in [-0.05, 0) is 38.0 Å². The van der Waals surface area contributed by atoms with E-state index >= 15 is 0 Å². The molecule has 1 aromatic heterocycles. The van der Waals surface area contributed by atoms with Crippen molar-refractivity contribution >= 4 is 17.6 Å². The fraction of sp³-hybridized carbons (Fsp3) is 0.389. The van der Waals surface area contributed by atoms with E-state index in [1.165, 1.54) is 0 Å². The molecule has 7 heteroatoms. The Hall–Kier alpha value is -2.83. The third-order valence-electron chi connectivity index (χ3n) is 4.30. The minimum atomic E-state index is -0.485. The fourth-order valence-electron chi connectivity index (χ4n) is 3.11. The van der Waals surface area contributed by atoms with Crippen LogP contribution < -0.4 is 15.5 Å². The zero-order valence-corrected chi connectivity index (χ0v) is 14.3. The van der Waals surface area contributed by atoms with Crippen LogP contribution >= 0.6 is 0 Å². The fourth-order valence-corrected chi connectivity index (χ4v) is 3.11. The van der Waals surface area contributed by atoms with Crippen LogP contribution in [-0.4, -0.2) is 40.3 Å². The van der Waals surface area contributed by atoms with E-state index < -0.39 is 6.04 Å². The van der Waals surface area contributed by atoms with Gasteiger partial charge in [-0.2, -0.15) is 5.10 Å². The van der Waals surface area contributed by atoms with E-state index in [0.29, 0.717) is 13.0 Å². The molecule has 3 rings (SSSR count). The van der Waals surface area contributed by atoms with Gasteiger partial charge in [0.2, 0.25) is 5.91 Å². The van der Waals surface area contributed by atoms with Crippen molar-refractivity contribution in [2.45, 2.75) is 38.4 Å². The monoisotopic (exact) mass is 341 g/mol. The predicted molar refractivity (Wildman–Crippen MR) is 95.2 cm³/mol. The number of aryl methyl sites for hydroxylation is 1. The van der Waals surface area contributed by atoms with E-state index in [1.807, 2.05) is 54.2 Å². The smallest absolute Gasteiger partial charge is 0.315 e. The van der Waals surface area contributed by atoms with E-state index in [4.69, 9.17) is 0 Å². The van der Waals surface area contributed by atoms with Crippen molar-refractivity contribution < 1.29 is 9.59 Å². The Kier molecular flexibility index (Phi) is 5.33. The maximum Gasteiger partial charge on any atom is 0.315 e. The molecule has 1 aromatic carbocycles. The molecule has 0 aliphatic carbocycles. The lowest BCUT2D eigenvalue weighted by Gasteiger charge is -2.21. The summed E-state index contributed by atoms with van der Waals surface area (Å²) in [4.78, 5) is 26.4. The van der Waals surface area contributed by atoms with Crippen LogP contribution in [0.4, 0.5) is 10.5 Å². The van der Waals surface area contributed by atoms with E-state index in [0.717, 1.165) is 18.7 Å². The predicted octanol–water partition coefficient (Wildman–Crippen LogP) is 1.77. The maximum atomic E-state index is 12.6. The first-order valence-electron chi connectivity index (χ1n) is 8.55. The van der Waals surface area contributed by atoms with Gasteiger partial charge >= 0.3 is 6.03 Å². The Balaban J connectivity index is 1.46. The molecule has 3 amide bonds. The Morgan fingerprint density at radius 3 is 2.80 bits per heavy atom. The number of rotatable bonds is 6. The summed E-state index contributed by atoms with van der Waals surface area (Å²) in [5.74, 6) is -0.0645. The van der Waals surface area contributed by atoms with Crippen molar-refractivity contribution in [3.8, 4) is 0 Å². The van der Waals surface area contributed by atoms with Crippen LogP contribution in [0.5, 0.6) is 0 Å². The van der Waals surface area contributed by atoms with Gasteiger partial charge in [0.25, 0.3) is 0 Å². The van der Waals surface area contributed by atoms with Crippen LogP contribution in [0.2, 0.25) is 0 Å². The molecule has 0 radical (unpaired) electrons. The van der Waals surface area contributed by atoms with Crippen LogP contribution in [0.3, 0.4) is 0 Å². The molecular formula is C18H23N5O2. The molecule has 2 aromatic rings. The van der Waals surface area contributed by atoms with Gasteiger partial charge in [-0.15, -0.1) is 0 Å². The average molecular weight is 341 g/mol. The molecule has 25 heavy (non-hydrogen) atoms. The topological polar surface area (TPSA) is 79.3 Å². The molecule has 0 saturated carbocycles. The summed E-state index contributed by atoms with van der Waals surface area (Å²) in [5.41, 5.74) is 0.865. The summed E-state index contributed by atoms with van der Waals surface area (Å²) in [6.07, 6.45) is 5.00. The van der Waals surface area contributed by atoms with Crippen molar-refractivity contribution in [2.75, 3.05) is 11.4 Å². The van der Waals surface area contributed by atoms with Crippen molar-refractivity contribution in [2.24, 2.45) is 0 Å². The molecule has 1 fully saturated rings. The number of urea groups is 1. The molecule has 1 aliphatic heterocycles. The molecule has 1 saturated heterocycles. The lowest BCUT2D eigenvalue weighted by molar-refractivity contribution is -0.118. The zero-order valence-electron chi connectivity index (χ0n) is 14.3. The summed E-state index contributed by atoms with van der Waals surface area (Å²) < 4.78 is 1.82. The highest BCUT2D eigenvalue weighted by molar-refractivity contribution is 6.01. The molecule has 0 bridgehead atoms. The van der Waals surface area contributed by atoms with E-state index in [2.05, 4.69) is 15.7 Å². The van der Waals surface area contributed by atoms with Gasteiger partial charge in [0.15, 0.2) is 0 Å². The molecule has 2 heterocycles. The molecule has 2 N–H and O–H groups in total. The second kappa shape index (κ2) is 7.83. The zero-order chi connectivity index (χ0) is 17.6. The third kappa shape index (κ3) is 4.17. The van der Waals surface area contributed by atoms with E-state index in [-0.39, 0.29) is 18.0 Å². The van der Waals surface area contributed by atoms with Crippen LogP contribution in [0, 0.1) is 0 Å². The van der Waals surface area contributed by atoms with Crippen LogP contribution in [-0.2, 0) is 11.3 Å². The number of carbonyl (C=O) groups excluding carboxylic acids is 2. The van der Waals surface area contributed by atoms with Crippen LogP contribution in [0.1, 0.15) is 19.8 Å². The van der Waals surface area contributed by atoms with Gasteiger partial charge in [-0.25, -0.2) is 4.79 Å². The second-order valence-electron chi connectivity index (χ2n) is 6.20. The number of anilines is 1. The number of carbonyl (C=O) groups is 2. The summed E-state index contributed by atoms with van der Waals surface area (Å²) in [5, 5.41) is 9.70. The quantitative estimate of drug-likeness (QED) is 0.786. The number of amides is 3. The van der Waals surface area contributed by atoms with Crippen LogP contribution in [0.15, 0.2) is 48.8 Å². The average Bonchev–Trinajstić information content (AvgIpc) is 3.21. The third-order valence-corrected chi connectivity index (χ3v) is 4.30. The van der Waals surface area contributed by atoms with Crippen molar-refractivity contribution in [1.82, 2.24) is 20.4 Å². The SMILES string of the molecule is C[C@@H]1C[C@H](NC(=O)NCCCn2cccn2)C(=O)N1c1ccccc1. The van der Waals surface area contributed by atoms with Gasteiger partial charge in [0, 0.05) is 37.2 Å². The van der Waals surface area contributed by atoms with Crippen molar-refractivity contribution in [3.63, 3.8) is 0 Å². The lowest BCUT2D eigenvalue weighted by Crippen LogP contribution is -2.46. The lowest BCUT2D eigenvalue weighted by atomic mass is 10.2. The summed E-state index contributed by atoms with van der Waals surface area (Å²) in [6, 6.07) is 10.7.